The summed E-state index contributed by atoms with van der Waals surface area (Å²) in [5.41, 5.74) is 5.94. The van der Waals surface area contributed by atoms with Gasteiger partial charge in [-0.05, 0) is 57.8 Å². The van der Waals surface area contributed by atoms with Crippen LogP contribution in [0, 0.1) is 0 Å². The normalized spacial score (nSPS) is 20.9. The van der Waals surface area contributed by atoms with Gasteiger partial charge in [0.1, 0.15) is 31.3 Å². The highest BCUT2D eigenvalue weighted by molar-refractivity contribution is 7.85. The van der Waals surface area contributed by atoms with Gasteiger partial charge in [-0.15, -0.1) is 0 Å². The summed E-state index contributed by atoms with van der Waals surface area (Å²) in [6, 6.07) is 13.3. The summed E-state index contributed by atoms with van der Waals surface area (Å²) in [5.74, 6) is 0. The van der Waals surface area contributed by atoms with Crippen molar-refractivity contribution >= 4 is 40.4 Å². The van der Waals surface area contributed by atoms with Crippen LogP contribution in [0.25, 0.3) is 5.57 Å². The van der Waals surface area contributed by atoms with Gasteiger partial charge in [-0.2, -0.15) is 0 Å². The SMILES string of the molecule is C[Si]1(C)C2=CC(=[N+]3CCC3)C=CC2=C(c2ccccc2S(=O)(=O)[O-])c2ccc(N3CCC3)cc21. The van der Waals surface area contributed by atoms with E-state index in [1.165, 1.54) is 40.7 Å². The van der Waals surface area contributed by atoms with Crippen LogP contribution in [0.5, 0.6) is 0 Å². The standard InChI is InChI=1S/C27H28N2O3SSi/c1-34(2)25-17-19(28-13-5-14-28)9-11-22(25)27(21-7-3-4-8-24(21)33(30,31)32)23-12-10-20(18-26(23)34)29-15-6-16-29/h3-4,7-12,17-18H,5-6,13-16H2,1-2H3. The summed E-state index contributed by atoms with van der Waals surface area (Å²) in [6.07, 6.45) is 9.05. The van der Waals surface area contributed by atoms with Crippen molar-refractivity contribution in [2.24, 2.45) is 0 Å². The van der Waals surface area contributed by atoms with Crippen molar-refractivity contribution in [3.63, 3.8) is 0 Å². The molecule has 0 bridgehead atoms. The number of hydrogen-bond donors (Lipinski definition) is 0. The molecule has 4 aliphatic rings. The molecule has 1 aliphatic carbocycles. The third-order valence-electron chi connectivity index (χ3n) is 7.76. The first-order chi connectivity index (χ1) is 16.2. The highest BCUT2D eigenvalue weighted by Crippen LogP contribution is 2.43. The third-order valence-corrected chi connectivity index (χ3v) is 12.2. The molecule has 0 unspecified atom stereocenters. The summed E-state index contributed by atoms with van der Waals surface area (Å²) >= 11 is 0. The number of allylic oxidation sites excluding steroid dienone is 5. The van der Waals surface area contributed by atoms with Crippen LogP contribution in [-0.2, 0) is 10.1 Å². The smallest absolute Gasteiger partial charge is 0.199 e. The lowest BCUT2D eigenvalue weighted by Crippen LogP contribution is -2.50. The van der Waals surface area contributed by atoms with Gasteiger partial charge in [0.2, 0.25) is 0 Å². The monoisotopic (exact) mass is 488 g/mol. The maximum Gasteiger partial charge on any atom is 0.199 e. The second-order valence-corrected chi connectivity index (χ2v) is 15.8. The summed E-state index contributed by atoms with van der Waals surface area (Å²) < 4.78 is 39.2. The van der Waals surface area contributed by atoms with Gasteiger partial charge in [-0.25, -0.2) is 13.0 Å². The first-order valence-electron chi connectivity index (χ1n) is 12.0. The lowest BCUT2D eigenvalue weighted by molar-refractivity contribution is -0.582. The Bertz CT molecular complexity index is 1450. The first kappa shape index (κ1) is 21.8. The van der Waals surface area contributed by atoms with Gasteiger partial charge >= 0.3 is 0 Å². The van der Waals surface area contributed by atoms with Gasteiger partial charge in [0.15, 0.2) is 5.71 Å². The van der Waals surface area contributed by atoms with Crippen molar-refractivity contribution in [2.45, 2.75) is 30.8 Å². The molecule has 7 heteroatoms. The molecule has 5 nitrogen and oxygen atoms in total. The maximum absolute atomic E-state index is 12.3. The van der Waals surface area contributed by atoms with Gasteiger partial charge in [0.05, 0.1) is 11.3 Å². The highest BCUT2D eigenvalue weighted by Gasteiger charge is 2.41. The van der Waals surface area contributed by atoms with Crippen molar-refractivity contribution in [1.29, 1.82) is 0 Å². The van der Waals surface area contributed by atoms with Crippen molar-refractivity contribution in [3.8, 4) is 0 Å². The van der Waals surface area contributed by atoms with E-state index in [-0.39, 0.29) is 4.90 Å². The fraction of sp³-hybridized carbons (Fsp3) is 0.296. The summed E-state index contributed by atoms with van der Waals surface area (Å²) in [7, 11) is -6.73. The van der Waals surface area contributed by atoms with E-state index in [1.54, 1.807) is 12.1 Å². The van der Waals surface area contributed by atoms with Crippen molar-refractivity contribution in [2.75, 3.05) is 31.1 Å². The average molecular weight is 489 g/mol. The first-order valence-corrected chi connectivity index (χ1v) is 16.4. The van der Waals surface area contributed by atoms with Crippen molar-refractivity contribution in [1.82, 2.24) is 0 Å². The van der Waals surface area contributed by atoms with Gasteiger partial charge in [0.25, 0.3) is 0 Å². The van der Waals surface area contributed by atoms with E-state index < -0.39 is 18.2 Å². The molecular formula is C27H28N2O3SSi. The Morgan fingerprint density at radius 3 is 2.38 bits per heavy atom. The van der Waals surface area contributed by atoms with Crippen LogP contribution in [0.4, 0.5) is 5.69 Å². The number of fused-ring (bicyclic) bond motifs is 2. The second-order valence-electron chi connectivity index (χ2n) is 10.1. The topological polar surface area (TPSA) is 63.4 Å². The number of benzene rings is 2. The fourth-order valence-corrected chi connectivity index (χ4v) is 9.30. The Balaban J connectivity index is 1.66. The zero-order valence-corrected chi connectivity index (χ0v) is 21.4. The molecule has 0 radical (unpaired) electrons. The molecule has 0 amide bonds. The molecule has 3 aliphatic heterocycles. The van der Waals surface area contributed by atoms with Crippen LogP contribution in [0.15, 0.2) is 76.4 Å². The van der Waals surface area contributed by atoms with Gasteiger partial charge in [0, 0.05) is 36.5 Å². The lowest BCUT2D eigenvalue weighted by Gasteiger charge is -2.40. The van der Waals surface area contributed by atoms with Crippen molar-refractivity contribution < 1.29 is 17.5 Å². The quantitative estimate of drug-likeness (QED) is 0.377. The maximum atomic E-state index is 12.3. The van der Waals surface area contributed by atoms with Crippen molar-refractivity contribution in [3.05, 3.63) is 82.6 Å². The molecule has 2 fully saturated rings. The van der Waals surface area contributed by atoms with Gasteiger partial charge in [-0.1, -0.05) is 37.4 Å². The minimum atomic E-state index is -4.63. The zero-order chi connectivity index (χ0) is 23.7. The largest absolute Gasteiger partial charge is 0.744 e. The molecule has 174 valence electrons. The minimum absolute atomic E-state index is 0.151. The molecule has 0 saturated carbocycles. The lowest BCUT2D eigenvalue weighted by atomic mass is 9.89. The molecular weight excluding hydrogens is 460 g/mol. The number of nitrogens with zero attached hydrogens (tertiary/aromatic N) is 2. The number of hydrogen-bond acceptors (Lipinski definition) is 4. The average Bonchev–Trinajstić information content (AvgIpc) is 2.72. The number of anilines is 1. The van der Waals surface area contributed by atoms with E-state index in [9.17, 15) is 13.0 Å². The molecule has 2 aromatic rings. The van der Waals surface area contributed by atoms with E-state index in [4.69, 9.17) is 0 Å². The third kappa shape index (κ3) is 3.29. The highest BCUT2D eigenvalue weighted by atomic mass is 32.2. The van der Waals surface area contributed by atoms with Crippen LogP contribution < -0.4 is 10.1 Å². The van der Waals surface area contributed by atoms with Gasteiger partial charge in [-0.3, -0.25) is 0 Å². The molecule has 3 heterocycles. The van der Waals surface area contributed by atoms with E-state index in [2.05, 4.69) is 59.0 Å². The molecule has 2 saturated heterocycles. The van der Waals surface area contributed by atoms with E-state index in [0.29, 0.717) is 5.56 Å². The zero-order valence-electron chi connectivity index (χ0n) is 19.5. The second kappa shape index (κ2) is 7.63. The molecule has 34 heavy (non-hydrogen) atoms. The summed E-state index contributed by atoms with van der Waals surface area (Å²) in [4.78, 5) is 2.24. The van der Waals surface area contributed by atoms with Crippen LogP contribution in [0.1, 0.15) is 24.0 Å². The molecule has 2 aromatic carbocycles. The summed E-state index contributed by atoms with van der Waals surface area (Å²) in [5, 5.41) is 2.61. The summed E-state index contributed by atoms with van der Waals surface area (Å²) in [6.45, 7) is 9.07. The van der Waals surface area contributed by atoms with Crippen LogP contribution in [0.3, 0.4) is 0 Å². The molecule has 0 N–H and O–H groups in total. The Morgan fingerprint density at radius 1 is 0.971 bits per heavy atom. The van der Waals surface area contributed by atoms with Crippen LogP contribution >= 0.6 is 0 Å². The predicted octanol–water partition coefficient (Wildman–Crippen LogP) is 3.42. The Hall–Kier alpha value is -2.74. The fourth-order valence-electron chi connectivity index (χ4n) is 5.55. The Morgan fingerprint density at radius 2 is 1.74 bits per heavy atom. The van der Waals surface area contributed by atoms with Crippen LogP contribution in [-0.4, -0.2) is 57.5 Å². The number of rotatable bonds is 3. The van der Waals surface area contributed by atoms with E-state index in [0.717, 1.165) is 42.9 Å². The Kier molecular flexibility index (Phi) is 4.89. The predicted molar refractivity (Wildman–Crippen MR) is 138 cm³/mol. The minimum Gasteiger partial charge on any atom is -0.744 e. The van der Waals surface area contributed by atoms with E-state index >= 15 is 0 Å². The molecule has 0 aromatic heterocycles. The Labute approximate surface area is 202 Å². The molecule has 6 rings (SSSR count). The molecule has 0 atom stereocenters. The van der Waals surface area contributed by atoms with E-state index in [1.807, 2.05) is 6.07 Å². The van der Waals surface area contributed by atoms with Crippen LogP contribution in [0.2, 0.25) is 13.1 Å². The molecule has 0 spiro atoms. The van der Waals surface area contributed by atoms with Gasteiger partial charge < -0.3 is 9.45 Å².